The predicted octanol–water partition coefficient (Wildman–Crippen LogP) is 3.69. The van der Waals surface area contributed by atoms with Gasteiger partial charge >= 0.3 is 5.97 Å². The summed E-state index contributed by atoms with van der Waals surface area (Å²) < 4.78 is 0. The largest absolute Gasteiger partial charge is 0.478 e. The van der Waals surface area contributed by atoms with Crippen molar-refractivity contribution in [3.8, 4) is 0 Å². The number of carboxylic acid groups (broad SMARTS) is 1. The molecule has 20 heavy (non-hydrogen) atoms. The molecule has 0 radical (unpaired) electrons. The van der Waals surface area contributed by atoms with Crippen LogP contribution in [0.2, 0.25) is 5.02 Å². The molecule has 0 saturated heterocycles. The third kappa shape index (κ3) is 2.86. The first kappa shape index (κ1) is 13.8. The fraction of sp³-hybridized carbons (Fsp3) is 0. The van der Waals surface area contributed by atoms with Crippen LogP contribution in [0.4, 0.5) is 17.1 Å². The van der Waals surface area contributed by atoms with Gasteiger partial charge in [-0.05, 0) is 24.3 Å². The van der Waals surface area contributed by atoms with Crippen LogP contribution in [0.25, 0.3) is 0 Å². The lowest BCUT2D eigenvalue weighted by atomic mass is 10.1. The molecule has 2 aromatic rings. The molecule has 7 heteroatoms. The van der Waals surface area contributed by atoms with Crippen molar-refractivity contribution in [1.82, 2.24) is 0 Å². The lowest BCUT2D eigenvalue weighted by Gasteiger charge is -2.10. The van der Waals surface area contributed by atoms with Crippen LogP contribution in [0.3, 0.4) is 0 Å². The molecule has 0 spiro atoms. The van der Waals surface area contributed by atoms with Crippen molar-refractivity contribution < 1.29 is 14.8 Å². The Morgan fingerprint density at radius 3 is 2.55 bits per heavy atom. The number of nitro benzene ring substituents is 1. The number of carboxylic acids is 1. The summed E-state index contributed by atoms with van der Waals surface area (Å²) in [7, 11) is 0. The van der Waals surface area contributed by atoms with Crippen LogP contribution in [0.1, 0.15) is 10.4 Å². The number of hydrogen-bond acceptors (Lipinski definition) is 4. The number of hydrogen-bond donors (Lipinski definition) is 2. The zero-order valence-corrected chi connectivity index (χ0v) is 10.8. The summed E-state index contributed by atoms with van der Waals surface area (Å²) in [6, 6.07) is 10.2. The fourth-order valence-corrected chi connectivity index (χ4v) is 1.86. The first-order chi connectivity index (χ1) is 9.49. The SMILES string of the molecule is O=C(O)c1ccccc1Nc1cc(Cl)ccc1[N+](=O)[O-]. The van der Waals surface area contributed by atoms with Gasteiger partial charge in [-0.1, -0.05) is 23.7 Å². The van der Waals surface area contributed by atoms with Gasteiger partial charge in [0.15, 0.2) is 0 Å². The molecule has 0 aliphatic rings. The number of carbonyl (C=O) groups is 1. The lowest BCUT2D eigenvalue weighted by Crippen LogP contribution is -2.03. The first-order valence-electron chi connectivity index (χ1n) is 5.52. The van der Waals surface area contributed by atoms with Crippen molar-refractivity contribution in [2.24, 2.45) is 0 Å². The Balaban J connectivity index is 2.47. The van der Waals surface area contributed by atoms with E-state index in [2.05, 4.69) is 5.32 Å². The summed E-state index contributed by atoms with van der Waals surface area (Å²) in [5.41, 5.74) is 0.220. The van der Waals surface area contributed by atoms with Gasteiger partial charge < -0.3 is 10.4 Å². The van der Waals surface area contributed by atoms with E-state index in [-0.39, 0.29) is 22.6 Å². The van der Waals surface area contributed by atoms with Gasteiger partial charge in [0.1, 0.15) is 5.69 Å². The molecule has 0 heterocycles. The molecule has 2 aromatic carbocycles. The Labute approximate surface area is 118 Å². The highest BCUT2D eigenvalue weighted by molar-refractivity contribution is 6.31. The second-order valence-electron chi connectivity index (χ2n) is 3.89. The average molecular weight is 293 g/mol. The van der Waals surface area contributed by atoms with Crippen LogP contribution in [-0.4, -0.2) is 16.0 Å². The van der Waals surface area contributed by atoms with Crippen LogP contribution in [0, 0.1) is 10.1 Å². The maximum absolute atomic E-state index is 11.1. The van der Waals surface area contributed by atoms with E-state index in [4.69, 9.17) is 16.7 Å². The lowest BCUT2D eigenvalue weighted by molar-refractivity contribution is -0.383. The highest BCUT2D eigenvalue weighted by Crippen LogP contribution is 2.31. The molecular formula is C13H9ClN2O4. The predicted molar refractivity (Wildman–Crippen MR) is 74.8 cm³/mol. The zero-order valence-electron chi connectivity index (χ0n) is 10.0. The van der Waals surface area contributed by atoms with E-state index in [1.165, 1.54) is 30.3 Å². The molecule has 0 atom stereocenters. The minimum absolute atomic E-state index is 0.0155. The van der Waals surface area contributed by atoms with Crippen molar-refractivity contribution in [1.29, 1.82) is 0 Å². The number of anilines is 2. The summed E-state index contributed by atoms with van der Waals surface area (Å²) >= 11 is 5.81. The molecule has 0 fully saturated rings. The Kier molecular flexibility index (Phi) is 3.86. The highest BCUT2D eigenvalue weighted by atomic mass is 35.5. The summed E-state index contributed by atoms with van der Waals surface area (Å²) in [6.45, 7) is 0. The second kappa shape index (κ2) is 5.58. The molecule has 2 N–H and O–H groups in total. The Bertz CT molecular complexity index is 688. The zero-order chi connectivity index (χ0) is 14.7. The average Bonchev–Trinajstić information content (AvgIpc) is 2.38. The Hall–Kier alpha value is -2.60. The van der Waals surface area contributed by atoms with Crippen LogP contribution < -0.4 is 5.32 Å². The molecule has 0 aromatic heterocycles. The van der Waals surface area contributed by atoms with Crippen molar-refractivity contribution >= 4 is 34.6 Å². The molecule has 0 aliphatic heterocycles. The minimum Gasteiger partial charge on any atom is -0.478 e. The number of halogens is 1. The second-order valence-corrected chi connectivity index (χ2v) is 4.33. The Morgan fingerprint density at radius 1 is 1.20 bits per heavy atom. The first-order valence-corrected chi connectivity index (χ1v) is 5.90. The number of nitro groups is 1. The van der Waals surface area contributed by atoms with Crippen LogP contribution in [0.5, 0.6) is 0 Å². The third-order valence-electron chi connectivity index (χ3n) is 2.58. The number of aromatic carboxylic acids is 1. The highest BCUT2D eigenvalue weighted by Gasteiger charge is 2.16. The van der Waals surface area contributed by atoms with Gasteiger partial charge in [0.25, 0.3) is 5.69 Å². The maximum atomic E-state index is 11.1. The number of rotatable bonds is 4. The van der Waals surface area contributed by atoms with Crippen LogP contribution in [-0.2, 0) is 0 Å². The van der Waals surface area contributed by atoms with E-state index in [9.17, 15) is 14.9 Å². The standard InChI is InChI=1S/C13H9ClN2O4/c14-8-5-6-12(16(19)20)11(7-8)15-10-4-2-1-3-9(10)13(17)18/h1-7,15H,(H,17,18). The summed E-state index contributed by atoms with van der Waals surface area (Å²) in [4.78, 5) is 21.5. The van der Waals surface area contributed by atoms with E-state index in [0.29, 0.717) is 5.02 Å². The van der Waals surface area contributed by atoms with Gasteiger partial charge in [-0.15, -0.1) is 0 Å². The normalized spacial score (nSPS) is 10.1. The molecule has 2 rings (SSSR count). The molecular weight excluding hydrogens is 284 g/mol. The molecule has 102 valence electrons. The van der Waals surface area contributed by atoms with E-state index < -0.39 is 10.9 Å². The third-order valence-corrected chi connectivity index (χ3v) is 2.82. The smallest absolute Gasteiger partial charge is 0.337 e. The van der Waals surface area contributed by atoms with E-state index in [1.54, 1.807) is 12.1 Å². The molecule has 6 nitrogen and oxygen atoms in total. The molecule has 0 aliphatic carbocycles. The van der Waals surface area contributed by atoms with Gasteiger partial charge in [-0.2, -0.15) is 0 Å². The van der Waals surface area contributed by atoms with E-state index in [1.807, 2.05) is 0 Å². The summed E-state index contributed by atoms with van der Waals surface area (Å²) in [6.07, 6.45) is 0. The van der Waals surface area contributed by atoms with Crippen molar-refractivity contribution in [2.45, 2.75) is 0 Å². The molecule has 0 saturated carbocycles. The van der Waals surface area contributed by atoms with Crippen LogP contribution in [0.15, 0.2) is 42.5 Å². The van der Waals surface area contributed by atoms with Gasteiger partial charge in [0.05, 0.1) is 16.2 Å². The molecule has 0 unspecified atom stereocenters. The number of para-hydroxylation sites is 1. The molecule has 0 bridgehead atoms. The maximum Gasteiger partial charge on any atom is 0.337 e. The van der Waals surface area contributed by atoms with Crippen molar-refractivity contribution in [3.05, 3.63) is 63.2 Å². The van der Waals surface area contributed by atoms with Gasteiger partial charge in [-0.3, -0.25) is 10.1 Å². The Morgan fingerprint density at radius 2 is 1.90 bits per heavy atom. The fourth-order valence-electron chi connectivity index (χ4n) is 1.69. The summed E-state index contributed by atoms with van der Waals surface area (Å²) in [5, 5.41) is 23.1. The van der Waals surface area contributed by atoms with E-state index >= 15 is 0 Å². The quantitative estimate of drug-likeness (QED) is 0.662. The van der Waals surface area contributed by atoms with Gasteiger partial charge in [-0.25, -0.2) is 4.79 Å². The topological polar surface area (TPSA) is 92.5 Å². The minimum atomic E-state index is -1.13. The number of benzene rings is 2. The van der Waals surface area contributed by atoms with Crippen molar-refractivity contribution in [3.63, 3.8) is 0 Å². The number of nitrogens with zero attached hydrogens (tertiary/aromatic N) is 1. The van der Waals surface area contributed by atoms with Crippen LogP contribution >= 0.6 is 11.6 Å². The molecule has 0 amide bonds. The van der Waals surface area contributed by atoms with E-state index in [0.717, 1.165) is 0 Å². The van der Waals surface area contributed by atoms with Crippen molar-refractivity contribution in [2.75, 3.05) is 5.32 Å². The van der Waals surface area contributed by atoms with Gasteiger partial charge in [0.2, 0.25) is 0 Å². The summed E-state index contributed by atoms with van der Waals surface area (Å²) in [5.74, 6) is -1.13. The van der Waals surface area contributed by atoms with Gasteiger partial charge in [0, 0.05) is 11.1 Å². The monoisotopic (exact) mass is 292 g/mol. The number of nitrogens with one attached hydrogen (secondary N) is 1.